The molecule has 0 rings (SSSR count). The summed E-state index contributed by atoms with van der Waals surface area (Å²) in [4.78, 5) is 10.9. The lowest BCUT2D eigenvalue weighted by Crippen LogP contribution is -2.45. The summed E-state index contributed by atoms with van der Waals surface area (Å²) in [6.45, 7) is -2.21. The first-order chi connectivity index (χ1) is 8.75. The van der Waals surface area contributed by atoms with Gasteiger partial charge in [-0.05, 0) is 0 Å². The molecule has 0 amide bonds. The van der Waals surface area contributed by atoms with E-state index in [-0.39, 0.29) is 13.0 Å². The first kappa shape index (κ1) is 18.2. The van der Waals surface area contributed by atoms with Crippen molar-refractivity contribution in [3.8, 4) is 0 Å². The Balaban J connectivity index is 4.73. The van der Waals surface area contributed by atoms with Gasteiger partial charge in [-0.1, -0.05) is 0 Å². The number of nitrogens with zero attached hydrogens (tertiary/aromatic N) is 2. The van der Waals surface area contributed by atoms with Gasteiger partial charge < -0.3 is 9.84 Å². The number of halogens is 2. The van der Waals surface area contributed by atoms with Gasteiger partial charge in [0.15, 0.2) is 0 Å². The fraction of sp³-hybridized carbons (Fsp3) is 0.889. The van der Waals surface area contributed by atoms with Crippen LogP contribution >= 0.6 is 0 Å². The number of hydrogen-bond donors (Lipinski definition) is 1. The lowest BCUT2D eigenvalue weighted by molar-refractivity contribution is -0.140. The maximum absolute atomic E-state index is 12.3. The van der Waals surface area contributed by atoms with Crippen molar-refractivity contribution in [1.29, 1.82) is 0 Å². The molecule has 0 aromatic heterocycles. The molecule has 0 unspecified atom stereocenters. The fourth-order valence-corrected chi connectivity index (χ4v) is 2.56. The van der Waals surface area contributed by atoms with E-state index in [1.807, 2.05) is 0 Å². The molecule has 0 aromatic rings. The highest BCUT2D eigenvalue weighted by atomic mass is 32.2. The Kier molecular flexibility index (Phi) is 7.99. The maximum Gasteiger partial charge on any atom is 0.306 e. The van der Waals surface area contributed by atoms with Crippen molar-refractivity contribution in [2.45, 2.75) is 12.8 Å². The predicted molar refractivity (Wildman–Crippen MR) is 62.8 cm³/mol. The molecule has 0 heterocycles. The molecule has 0 aliphatic rings. The number of esters is 1. The Morgan fingerprint density at radius 2 is 1.95 bits per heavy atom. The van der Waals surface area contributed by atoms with Gasteiger partial charge in [0.25, 0.3) is 16.6 Å². The van der Waals surface area contributed by atoms with E-state index in [4.69, 9.17) is 5.11 Å². The molecule has 19 heavy (non-hydrogen) atoms. The largest absolute Gasteiger partial charge is 0.469 e. The van der Waals surface area contributed by atoms with Crippen molar-refractivity contribution in [2.24, 2.45) is 0 Å². The third-order valence-electron chi connectivity index (χ3n) is 2.27. The third-order valence-corrected chi connectivity index (χ3v) is 4.22. The zero-order valence-electron chi connectivity index (χ0n) is 10.8. The van der Waals surface area contributed by atoms with Crippen LogP contribution in [0.2, 0.25) is 0 Å². The molecule has 7 nitrogen and oxygen atoms in total. The predicted octanol–water partition coefficient (Wildman–Crippen LogP) is -0.714. The van der Waals surface area contributed by atoms with Gasteiger partial charge >= 0.3 is 5.97 Å². The fourth-order valence-electron chi connectivity index (χ4n) is 1.23. The second-order valence-electron chi connectivity index (χ2n) is 3.63. The number of carbonyl (C=O) groups is 1. The van der Waals surface area contributed by atoms with Crippen molar-refractivity contribution in [1.82, 2.24) is 8.61 Å². The lowest BCUT2D eigenvalue weighted by Gasteiger charge is -2.26. The third kappa shape index (κ3) is 6.23. The number of hydrogen-bond acceptors (Lipinski definition) is 5. The zero-order valence-corrected chi connectivity index (χ0v) is 11.6. The first-order valence-corrected chi connectivity index (χ1v) is 6.82. The molecule has 0 bridgehead atoms. The van der Waals surface area contributed by atoms with E-state index in [9.17, 15) is 22.0 Å². The molecular weight excluding hydrogens is 286 g/mol. The van der Waals surface area contributed by atoms with Crippen LogP contribution in [0, 0.1) is 0 Å². The Bertz CT molecular complexity index is 377. The number of carbonyl (C=O) groups excluding carboxylic acids is 1. The summed E-state index contributed by atoms with van der Waals surface area (Å²) in [5.74, 6) is -0.607. The van der Waals surface area contributed by atoms with Crippen LogP contribution in [0.5, 0.6) is 0 Å². The van der Waals surface area contributed by atoms with Gasteiger partial charge in [-0.25, -0.2) is 8.78 Å². The van der Waals surface area contributed by atoms with E-state index in [0.717, 1.165) is 18.5 Å². The summed E-state index contributed by atoms with van der Waals surface area (Å²) in [6.07, 6.45) is -3.04. The van der Waals surface area contributed by atoms with E-state index in [0.29, 0.717) is 4.31 Å². The van der Waals surface area contributed by atoms with Crippen molar-refractivity contribution in [3.63, 3.8) is 0 Å². The molecule has 114 valence electrons. The highest BCUT2D eigenvalue weighted by molar-refractivity contribution is 7.86. The summed E-state index contributed by atoms with van der Waals surface area (Å²) >= 11 is 0. The monoisotopic (exact) mass is 304 g/mol. The SMILES string of the molecule is COC(=O)CCN(C)S(=O)(=O)N(CCO)CC(F)F. The summed E-state index contributed by atoms with van der Waals surface area (Å²) in [5.41, 5.74) is 0. The van der Waals surface area contributed by atoms with Crippen LogP contribution in [0.1, 0.15) is 6.42 Å². The van der Waals surface area contributed by atoms with Gasteiger partial charge in [0.2, 0.25) is 0 Å². The van der Waals surface area contributed by atoms with Crippen molar-refractivity contribution < 1.29 is 31.8 Å². The number of methoxy groups -OCH3 is 1. The zero-order chi connectivity index (χ0) is 15.1. The maximum atomic E-state index is 12.3. The minimum absolute atomic E-state index is 0.187. The second kappa shape index (κ2) is 8.35. The molecule has 0 aromatic carbocycles. The van der Waals surface area contributed by atoms with E-state index in [2.05, 4.69) is 4.74 Å². The van der Waals surface area contributed by atoms with E-state index in [1.54, 1.807) is 0 Å². The standard InChI is InChI=1S/C9H18F2N2O5S/c1-12(4-3-9(15)18-2)19(16,17)13(5-6-14)7-8(10)11/h8,14H,3-7H2,1-2H3. The van der Waals surface area contributed by atoms with Gasteiger partial charge in [-0.15, -0.1) is 0 Å². The summed E-state index contributed by atoms with van der Waals surface area (Å²) in [7, 11) is -1.82. The van der Waals surface area contributed by atoms with Gasteiger partial charge in [-0.2, -0.15) is 17.0 Å². The molecule has 0 saturated heterocycles. The van der Waals surface area contributed by atoms with Gasteiger partial charge in [0.1, 0.15) is 0 Å². The Morgan fingerprint density at radius 1 is 1.37 bits per heavy atom. The van der Waals surface area contributed by atoms with Crippen LogP contribution in [0.4, 0.5) is 8.78 Å². The Labute approximate surface area is 110 Å². The number of alkyl halides is 2. The average molecular weight is 304 g/mol. The quantitative estimate of drug-likeness (QED) is 0.568. The summed E-state index contributed by atoms with van der Waals surface area (Å²) in [6, 6.07) is 0. The van der Waals surface area contributed by atoms with Crippen molar-refractivity contribution in [2.75, 3.05) is 40.4 Å². The molecule has 0 aliphatic carbocycles. The van der Waals surface area contributed by atoms with Crippen molar-refractivity contribution >= 4 is 16.2 Å². The smallest absolute Gasteiger partial charge is 0.306 e. The normalized spacial score (nSPS) is 12.4. The molecule has 0 atom stereocenters. The van der Waals surface area contributed by atoms with Gasteiger partial charge in [0.05, 0.1) is 26.7 Å². The summed E-state index contributed by atoms with van der Waals surface area (Å²) in [5, 5.41) is 8.71. The van der Waals surface area contributed by atoms with Gasteiger partial charge in [-0.3, -0.25) is 4.79 Å². The number of aliphatic hydroxyl groups excluding tert-OH is 1. The average Bonchev–Trinajstić information content (AvgIpc) is 2.34. The molecule has 0 spiro atoms. The Hall–Kier alpha value is -0.840. The topological polar surface area (TPSA) is 87.2 Å². The summed E-state index contributed by atoms with van der Waals surface area (Å²) < 4.78 is 54.0. The van der Waals surface area contributed by atoms with Crippen LogP contribution < -0.4 is 0 Å². The molecule has 0 radical (unpaired) electrons. The lowest BCUT2D eigenvalue weighted by atomic mass is 10.4. The molecule has 0 aliphatic heterocycles. The van der Waals surface area contributed by atoms with E-state index in [1.165, 1.54) is 0 Å². The highest BCUT2D eigenvalue weighted by Gasteiger charge is 2.29. The minimum atomic E-state index is -4.14. The molecule has 10 heteroatoms. The van der Waals surface area contributed by atoms with Gasteiger partial charge in [0, 0.05) is 20.1 Å². The minimum Gasteiger partial charge on any atom is -0.469 e. The Morgan fingerprint density at radius 3 is 2.37 bits per heavy atom. The molecule has 0 fully saturated rings. The van der Waals surface area contributed by atoms with Crippen LogP contribution in [-0.2, 0) is 19.7 Å². The van der Waals surface area contributed by atoms with Crippen LogP contribution in [0.25, 0.3) is 0 Å². The van der Waals surface area contributed by atoms with Crippen molar-refractivity contribution in [3.05, 3.63) is 0 Å². The highest BCUT2D eigenvalue weighted by Crippen LogP contribution is 2.09. The second-order valence-corrected chi connectivity index (χ2v) is 5.66. The first-order valence-electron chi connectivity index (χ1n) is 5.43. The molecule has 1 N–H and O–H groups in total. The van der Waals surface area contributed by atoms with Crippen LogP contribution in [0.15, 0.2) is 0 Å². The van der Waals surface area contributed by atoms with E-state index >= 15 is 0 Å². The number of ether oxygens (including phenoxy) is 1. The molecule has 0 saturated carbocycles. The number of aliphatic hydroxyl groups is 1. The van der Waals surface area contributed by atoms with Crippen LogP contribution in [-0.4, -0.2) is 74.9 Å². The molecular formula is C9H18F2N2O5S. The number of rotatable bonds is 9. The van der Waals surface area contributed by atoms with E-state index < -0.39 is 42.3 Å². The van der Waals surface area contributed by atoms with Crippen LogP contribution in [0.3, 0.4) is 0 Å².